The van der Waals surface area contributed by atoms with Crippen LogP contribution in [0, 0.1) is 20.8 Å². The number of amides is 1. The Balaban J connectivity index is 1.00. The Morgan fingerprint density at radius 3 is 2.02 bits per heavy atom. The largest absolute Gasteiger partial charge is 0.481 e. The van der Waals surface area contributed by atoms with Crippen LogP contribution in [-0.2, 0) is 39.7 Å². The first-order valence-electron chi connectivity index (χ1n) is 18.1. The molecule has 2 aromatic heterocycles. The third kappa shape index (κ3) is 12.0. The molecule has 0 aliphatic carbocycles. The van der Waals surface area contributed by atoms with Gasteiger partial charge in [-0.3, -0.25) is 19.1 Å². The van der Waals surface area contributed by atoms with Crippen molar-refractivity contribution in [1.82, 2.24) is 14.8 Å². The number of fused-ring (bicyclic) bond motifs is 3. The second kappa shape index (κ2) is 21.2. The van der Waals surface area contributed by atoms with Crippen molar-refractivity contribution in [1.29, 1.82) is 0 Å². The van der Waals surface area contributed by atoms with Gasteiger partial charge in [-0.2, -0.15) is 0 Å². The van der Waals surface area contributed by atoms with Crippen molar-refractivity contribution in [2.75, 3.05) is 71.4 Å². The molecule has 1 atom stereocenters. The van der Waals surface area contributed by atoms with Gasteiger partial charge in [0.1, 0.15) is 16.9 Å². The normalized spacial score (nSPS) is 13.6. The van der Waals surface area contributed by atoms with Crippen LogP contribution >= 0.6 is 22.9 Å². The summed E-state index contributed by atoms with van der Waals surface area (Å²) in [7, 11) is 0. The number of carbonyl (C=O) groups excluding carboxylic acids is 1. The van der Waals surface area contributed by atoms with Crippen molar-refractivity contribution in [3.63, 3.8) is 0 Å². The smallest absolute Gasteiger partial charge is 0.305 e. The average Bonchev–Trinajstić information content (AvgIpc) is 3.63. The first kappa shape index (κ1) is 41.1. The van der Waals surface area contributed by atoms with Gasteiger partial charge >= 0.3 is 5.97 Å². The fourth-order valence-corrected chi connectivity index (χ4v) is 7.13. The van der Waals surface area contributed by atoms with E-state index in [-0.39, 0.29) is 25.4 Å². The number of halogens is 1. The Morgan fingerprint density at radius 1 is 0.815 bits per heavy atom. The third-order valence-electron chi connectivity index (χ3n) is 8.68. The molecule has 3 heterocycles. The van der Waals surface area contributed by atoms with Crippen molar-refractivity contribution in [3.05, 3.63) is 92.3 Å². The standard InChI is InChI=1S/C39H48ClN5O8S/c1-26-27(2)54-39-36(26)37(30-8-10-31(40)11-9-30)42-33(38-44-43-28(3)45(38)39)25-34(46)41-32-12-6-29(7-13-32)5-4-15-49-17-19-51-21-23-53-24-22-52-20-18-50-16-14-35(47)48/h6-13,33H,4-5,14-25H2,1-3H3,(H,41,46)(H,47,48)/t33-/m0/s1. The molecule has 1 aliphatic rings. The fraction of sp³-hybridized carbons (Fsp3) is 0.462. The molecule has 2 aromatic carbocycles. The highest BCUT2D eigenvalue weighted by molar-refractivity contribution is 7.15. The summed E-state index contributed by atoms with van der Waals surface area (Å²) in [5.74, 6) is 0.345. The molecule has 0 radical (unpaired) electrons. The first-order valence-corrected chi connectivity index (χ1v) is 19.3. The average molecular weight is 782 g/mol. The van der Waals surface area contributed by atoms with Crippen LogP contribution in [0.2, 0.25) is 5.02 Å². The number of nitrogens with one attached hydrogen (secondary N) is 1. The minimum absolute atomic E-state index is 0.00896. The van der Waals surface area contributed by atoms with Crippen LogP contribution < -0.4 is 5.32 Å². The van der Waals surface area contributed by atoms with Gasteiger partial charge in [0.25, 0.3) is 0 Å². The molecular weight excluding hydrogens is 734 g/mol. The number of nitrogens with zero attached hydrogens (tertiary/aromatic N) is 4. The molecule has 15 heteroatoms. The van der Waals surface area contributed by atoms with Gasteiger partial charge in [0.15, 0.2) is 5.82 Å². The summed E-state index contributed by atoms with van der Waals surface area (Å²) in [4.78, 5) is 30.2. The van der Waals surface area contributed by atoms with Gasteiger partial charge in [-0.15, -0.1) is 21.5 Å². The van der Waals surface area contributed by atoms with Crippen LogP contribution in [0.4, 0.5) is 5.69 Å². The van der Waals surface area contributed by atoms with Crippen molar-refractivity contribution in [3.8, 4) is 5.00 Å². The molecular formula is C39H48ClN5O8S. The molecule has 5 rings (SSSR count). The number of thiophene rings is 1. The van der Waals surface area contributed by atoms with E-state index in [0.717, 1.165) is 51.6 Å². The zero-order valence-electron chi connectivity index (χ0n) is 31.0. The van der Waals surface area contributed by atoms with Crippen LogP contribution in [0.3, 0.4) is 0 Å². The highest BCUT2D eigenvalue weighted by Crippen LogP contribution is 2.39. The maximum absolute atomic E-state index is 13.5. The maximum atomic E-state index is 13.5. The van der Waals surface area contributed by atoms with Crippen molar-refractivity contribution < 1.29 is 38.4 Å². The quantitative estimate of drug-likeness (QED) is 0.0818. The number of aliphatic carboxylic acids is 1. The number of aryl methyl sites for hydroxylation is 3. The lowest BCUT2D eigenvalue weighted by Gasteiger charge is -2.13. The minimum atomic E-state index is -0.878. The van der Waals surface area contributed by atoms with Gasteiger partial charge in [0.2, 0.25) is 5.91 Å². The predicted molar refractivity (Wildman–Crippen MR) is 208 cm³/mol. The molecule has 0 spiro atoms. The van der Waals surface area contributed by atoms with E-state index in [1.165, 1.54) is 4.88 Å². The number of carboxylic acid groups (broad SMARTS) is 1. The molecule has 0 saturated carbocycles. The van der Waals surface area contributed by atoms with Gasteiger partial charge in [-0.25, -0.2) is 0 Å². The zero-order valence-corrected chi connectivity index (χ0v) is 32.5. The molecule has 13 nitrogen and oxygen atoms in total. The van der Waals surface area contributed by atoms with Crippen molar-refractivity contribution in [2.45, 2.75) is 52.5 Å². The van der Waals surface area contributed by atoms with Gasteiger partial charge in [-0.1, -0.05) is 35.9 Å². The summed E-state index contributed by atoms with van der Waals surface area (Å²) in [5, 5.41) is 22.1. The maximum Gasteiger partial charge on any atom is 0.305 e. The summed E-state index contributed by atoms with van der Waals surface area (Å²) < 4.78 is 29.3. The van der Waals surface area contributed by atoms with E-state index >= 15 is 0 Å². The van der Waals surface area contributed by atoms with Crippen LogP contribution in [0.15, 0.2) is 53.5 Å². The van der Waals surface area contributed by atoms with E-state index in [0.29, 0.717) is 76.0 Å². The second-order valence-corrected chi connectivity index (χ2v) is 14.3. The Hall–Kier alpha value is -4.02. The highest BCUT2D eigenvalue weighted by Gasteiger charge is 2.32. The Bertz CT molecular complexity index is 1840. The number of rotatable bonds is 23. The van der Waals surface area contributed by atoms with Crippen LogP contribution in [0.1, 0.15) is 64.1 Å². The number of hydrogen-bond acceptors (Lipinski definition) is 11. The number of ether oxygens (including phenoxy) is 5. The molecule has 1 aliphatic heterocycles. The van der Waals surface area contributed by atoms with Gasteiger partial charge < -0.3 is 34.1 Å². The molecule has 0 unspecified atom stereocenters. The number of carbonyl (C=O) groups is 2. The molecule has 54 heavy (non-hydrogen) atoms. The van der Waals surface area contributed by atoms with E-state index in [2.05, 4.69) is 29.4 Å². The lowest BCUT2D eigenvalue weighted by molar-refractivity contribution is -0.138. The lowest BCUT2D eigenvalue weighted by Crippen LogP contribution is -2.17. The summed E-state index contributed by atoms with van der Waals surface area (Å²) in [5.41, 5.74) is 5.78. The number of benzene rings is 2. The summed E-state index contributed by atoms with van der Waals surface area (Å²) in [6.45, 7) is 10.5. The van der Waals surface area contributed by atoms with E-state index in [9.17, 15) is 9.59 Å². The predicted octanol–water partition coefficient (Wildman–Crippen LogP) is 6.32. The fourth-order valence-electron chi connectivity index (χ4n) is 5.79. The van der Waals surface area contributed by atoms with Gasteiger partial charge in [-0.05, 0) is 69.0 Å². The molecule has 290 valence electrons. The monoisotopic (exact) mass is 781 g/mol. The van der Waals surface area contributed by atoms with Gasteiger partial charge in [0, 0.05) is 33.3 Å². The topological polar surface area (TPSA) is 156 Å². The lowest BCUT2D eigenvalue weighted by atomic mass is 9.99. The van der Waals surface area contributed by atoms with Crippen molar-refractivity contribution >= 4 is 46.2 Å². The Labute approximate surface area is 324 Å². The van der Waals surface area contributed by atoms with E-state index in [1.807, 2.05) is 60.0 Å². The number of aromatic nitrogens is 3. The summed E-state index contributed by atoms with van der Waals surface area (Å²) in [6, 6.07) is 15.0. The van der Waals surface area contributed by atoms with E-state index in [4.69, 9.17) is 45.4 Å². The number of carboxylic acids is 1. The molecule has 4 aromatic rings. The number of anilines is 1. The Morgan fingerprint density at radius 2 is 1.41 bits per heavy atom. The minimum Gasteiger partial charge on any atom is -0.481 e. The second-order valence-electron chi connectivity index (χ2n) is 12.7. The summed E-state index contributed by atoms with van der Waals surface area (Å²) in [6.07, 6.45) is 1.80. The molecule has 0 bridgehead atoms. The first-order chi connectivity index (χ1) is 26.2. The summed E-state index contributed by atoms with van der Waals surface area (Å²) >= 11 is 7.91. The molecule has 0 saturated heterocycles. The number of hydrogen-bond donors (Lipinski definition) is 2. The van der Waals surface area contributed by atoms with E-state index < -0.39 is 12.0 Å². The van der Waals surface area contributed by atoms with Crippen molar-refractivity contribution in [2.24, 2.45) is 4.99 Å². The molecule has 1 amide bonds. The van der Waals surface area contributed by atoms with Gasteiger partial charge in [0.05, 0.1) is 78.0 Å². The third-order valence-corrected chi connectivity index (χ3v) is 10.1. The van der Waals surface area contributed by atoms with Crippen LogP contribution in [-0.4, -0.2) is 104 Å². The van der Waals surface area contributed by atoms with E-state index in [1.54, 1.807) is 11.3 Å². The molecule has 0 fully saturated rings. The highest BCUT2D eigenvalue weighted by atomic mass is 35.5. The molecule has 2 N–H and O–H groups in total. The number of aliphatic imine (C=N–C) groups is 1. The SMILES string of the molecule is Cc1sc2c(c1C)C(c1ccc(Cl)cc1)=N[C@@H](CC(=O)Nc1ccc(CCCOCCOCCOCCOCCOCCC(=O)O)cc1)c1nnc(C)n1-2. The Kier molecular flexibility index (Phi) is 16.1. The van der Waals surface area contributed by atoms with Crippen LogP contribution in [0.5, 0.6) is 0 Å². The van der Waals surface area contributed by atoms with Crippen LogP contribution in [0.25, 0.3) is 5.00 Å². The zero-order chi connectivity index (χ0) is 38.3.